The van der Waals surface area contributed by atoms with Gasteiger partial charge in [0.25, 0.3) is 11.6 Å². The third kappa shape index (κ3) is 5.64. The second-order valence-corrected chi connectivity index (χ2v) is 8.61. The molecule has 3 rings (SSSR count). The minimum absolute atomic E-state index is 0.00165. The second-order valence-electron chi connectivity index (χ2n) is 6.70. The van der Waals surface area contributed by atoms with Gasteiger partial charge in [-0.05, 0) is 48.0 Å². The van der Waals surface area contributed by atoms with Gasteiger partial charge in [-0.3, -0.25) is 19.2 Å². The highest BCUT2D eigenvalue weighted by molar-refractivity contribution is 7.92. The smallest absolute Gasteiger partial charge is 0.271 e. The Morgan fingerprint density at radius 2 is 1.71 bits per heavy atom. The van der Waals surface area contributed by atoms with Crippen LogP contribution in [0.5, 0.6) is 0 Å². The maximum absolute atomic E-state index is 13.1. The van der Waals surface area contributed by atoms with Gasteiger partial charge in [-0.15, -0.1) is 0 Å². The summed E-state index contributed by atoms with van der Waals surface area (Å²) in [5.74, 6) is -0.926. The fourth-order valence-electron chi connectivity index (χ4n) is 2.84. The van der Waals surface area contributed by atoms with Gasteiger partial charge in [0.15, 0.2) is 0 Å². The topological polar surface area (TPSA) is 110 Å². The monoisotopic (exact) mass is 443 g/mol. The minimum Gasteiger partial charge on any atom is -0.322 e. The molecule has 0 fully saturated rings. The number of carbonyl (C=O) groups is 1. The summed E-state index contributed by atoms with van der Waals surface area (Å²) in [6.45, 7) is -0.00165. The molecule has 0 aliphatic rings. The van der Waals surface area contributed by atoms with Gasteiger partial charge in [-0.1, -0.05) is 18.2 Å². The average molecular weight is 443 g/mol. The van der Waals surface area contributed by atoms with E-state index >= 15 is 0 Å². The quantitative estimate of drug-likeness (QED) is 0.439. The Morgan fingerprint density at radius 1 is 1.06 bits per heavy atom. The number of sulfonamides is 1. The summed E-state index contributed by atoms with van der Waals surface area (Å²) in [6.07, 6.45) is 1.06. The molecule has 0 saturated carbocycles. The lowest BCUT2D eigenvalue weighted by Gasteiger charge is -2.22. The lowest BCUT2D eigenvalue weighted by atomic mass is 10.1. The van der Waals surface area contributed by atoms with E-state index in [0.29, 0.717) is 11.3 Å². The highest BCUT2D eigenvalue weighted by Gasteiger charge is 2.19. The molecular formula is C21H18FN3O5S. The molecule has 0 heterocycles. The van der Waals surface area contributed by atoms with Gasteiger partial charge in [0.05, 0.1) is 23.4 Å². The van der Waals surface area contributed by atoms with Crippen molar-refractivity contribution in [3.63, 3.8) is 0 Å². The molecule has 0 spiro atoms. The van der Waals surface area contributed by atoms with Crippen molar-refractivity contribution in [1.82, 2.24) is 0 Å². The number of nitro groups is 1. The first-order chi connectivity index (χ1) is 14.6. The largest absolute Gasteiger partial charge is 0.322 e. The molecular weight excluding hydrogens is 425 g/mol. The number of halogens is 1. The number of amides is 1. The maximum atomic E-state index is 13.1. The fourth-order valence-corrected chi connectivity index (χ4v) is 3.72. The first-order valence-corrected chi connectivity index (χ1v) is 10.9. The predicted octanol–water partition coefficient (Wildman–Crippen LogP) is 3.95. The first kappa shape index (κ1) is 21.9. The zero-order valence-electron chi connectivity index (χ0n) is 16.4. The Bertz CT molecular complexity index is 1210. The molecule has 10 heteroatoms. The highest BCUT2D eigenvalue weighted by atomic mass is 32.2. The number of rotatable bonds is 7. The van der Waals surface area contributed by atoms with E-state index in [1.807, 2.05) is 0 Å². The summed E-state index contributed by atoms with van der Waals surface area (Å²) in [5.41, 5.74) is 1.28. The molecule has 0 saturated heterocycles. The number of carbonyl (C=O) groups excluding carboxylic acids is 1. The van der Waals surface area contributed by atoms with Gasteiger partial charge >= 0.3 is 0 Å². The lowest BCUT2D eigenvalue weighted by molar-refractivity contribution is -0.384. The molecule has 0 unspecified atom stereocenters. The molecule has 1 N–H and O–H groups in total. The number of hydrogen-bond donors (Lipinski definition) is 1. The van der Waals surface area contributed by atoms with Crippen LogP contribution in [0.15, 0.2) is 72.8 Å². The van der Waals surface area contributed by atoms with Gasteiger partial charge in [0.2, 0.25) is 10.0 Å². The molecule has 31 heavy (non-hydrogen) atoms. The van der Waals surface area contributed by atoms with E-state index in [1.54, 1.807) is 0 Å². The molecule has 8 nitrogen and oxygen atoms in total. The summed E-state index contributed by atoms with van der Waals surface area (Å²) in [4.78, 5) is 22.7. The lowest BCUT2D eigenvalue weighted by Crippen LogP contribution is -2.29. The number of non-ortho nitro benzene ring substituents is 1. The Kier molecular flexibility index (Phi) is 6.30. The fraction of sp³-hybridized carbons (Fsp3) is 0.0952. The van der Waals surface area contributed by atoms with Crippen LogP contribution in [0.25, 0.3) is 0 Å². The third-order valence-electron chi connectivity index (χ3n) is 4.37. The van der Waals surface area contributed by atoms with Crippen molar-refractivity contribution in [1.29, 1.82) is 0 Å². The molecule has 3 aromatic rings. The van der Waals surface area contributed by atoms with E-state index in [1.165, 1.54) is 72.8 Å². The van der Waals surface area contributed by atoms with Crippen LogP contribution in [-0.4, -0.2) is 25.5 Å². The summed E-state index contributed by atoms with van der Waals surface area (Å²) in [7, 11) is -3.65. The van der Waals surface area contributed by atoms with Crippen LogP contribution >= 0.6 is 0 Å². The van der Waals surface area contributed by atoms with E-state index in [-0.39, 0.29) is 23.5 Å². The van der Waals surface area contributed by atoms with Crippen LogP contribution in [0.3, 0.4) is 0 Å². The standard InChI is InChI=1S/C21H18FN3O5S/c1-31(29,30)24(14-15-5-9-17(22)10-6-15)19-11-7-16(8-12-19)21(26)23-18-3-2-4-20(13-18)25(27)28/h2-13H,14H2,1H3,(H,23,26). The van der Waals surface area contributed by atoms with Crippen molar-refractivity contribution in [3.8, 4) is 0 Å². The highest BCUT2D eigenvalue weighted by Crippen LogP contribution is 2.23. The Hall–Kier alpha value is -3.79. The van der Waals surface area contributed by atoms with Gasteiger partial charge < -0.3 is 5.32 Å². The zero-order chi connectivity index (χ0) is 22.6. The Balaban J connectivity index is 1.79. The summed E-state index contributed by atoms with van der Waals surface area (Å²) < 4.78 is 38.8. The van der Waals surface area contributed by atoms with Gasteiger partial charge in [-0.25, -0.2) is 12.8 Å². The molecule has 0 bridgehead atoms. The van der Waals surface area contributed by atoms with Crippen molar-refractivity contribution in [3.05, 3.63) is 99.9 Å². The molecule has 0 radical (unpaired) electrons. The average Bonchev–Trinajstić information content (AvgIpc) is 2.73. The number of nitrogens with zero attached hydrogens (tertiary/aromatic N) is 2. The third-order valence-corrected chi connectivity index (χ3v) is 5.51. The van der Waals surface area contributed by atoms with Crippen molar-refractivity contribution < 1.29 is 22.5 Å². The van der Waals surface area contributed by atoms with Crippen LogP contribution < -0.4 is 9.62 Å². The number of benzene rings is 3. The van der Waals surface area contributed by atoms with Crippen LogP contribution in [0.1, 0.15) is 15.9 Å². The number of nitro benzene ring substituents is 1. The van der Waals surface area contributed by atoms with Gasteiger partial charge in [0.1, 0.15) is 5.82 Å². The number of anilines is 2. The van der Waals surface area contributed by atoms with Gasteiger partial charge in [-0.2, -0.15) is 0 Å². The van der Waals surface area contributed by atoms with Crippen LogP contribution in [-0.2, 0) is 16.6 Å². The summed E-state index contributed by atoms with van der Waals surface area (Å²) in [6, 6.07) is 16.9. The van der Waals surface area contributed by atoms with Crippen molar-refractivity contribution in [2.75, 3.05) is 15.9 Å². The molecule has 3 aromatic carbocycles. The molecule has 0 atom stereocenters. The predicted molar refractivity (Wildman–Crippen MR) is 115 cm³/mol. The van der Waals surface area contributed by atoms with Crippen molar-refractivity contribution in [2.45, 2.75) is 6.54 Å². The summed E-state index contributed by atoms with van der Waals surface area (Å²) in [5, 5.41) is 13.4. The zero-order valence-corrected chi connectivity index (χ0v) is 17.2. The van der Waals surface area contributed by atoms with E-state index in [4.69, 9.17) is 0 Å². The number of nitrogens with one attached hydrogen (secondary N) is 1. The number of hydrogen-bond acceptors (Lipinski definition) is 5. The molecule has 0 aliphatic carbocycles. The molecule has 1 amide bonds. The maximum Gasteiger partial charge on any atom is 0.271 e. The Labute approximate surface area is 178 Å². The Morgan fingerprint density at radius 3 is 2.29 bits per heavy atom. The SMILES string of the molecule is CS(=O)(=O)N(Cc1ccc(F)cc1)c1ccc(C(=O)Nc2cccc([N+](=O)[O-])c2)cc1. The molecule has 0 aromatic heterocycles. The van der Waals surface area contributed by atoms with E-state index in [2.05, 4.69) is 5.32 Å². The van der Waals surface area contributed by atoms with Crippen LogP contribution in [0.4, 0.5) is 21.5 Å². The second kappa shape index (κ2) is 8.92. The van der Waals surface area contributed by atoms with E-state index in [0.717, 1.165) is 10.6 Å². The molecule has 0 aliphatic heterocycles. The van der Waals surface area contributed by atoms with E-state index in [9.17, 15) is 27.7 Å². The van der Waals surface area contributed by atoms with Crippen LogP contribution in [0.2, 0.25) is 0 Å². The van der Waals surface area contributed by atoms with Crippen molar-refractivity contribution in [2.24, 2.45) is 0 Å². The van der Waals surface area contributed by atoms with Gasteiger partial charge in [0, 0.05) is 23.4 Å². The van der Waals surface area contributed by atoms with Crippen molar-refractivity contribution >= 4 is 33.0 Å². The normalized spacial score (nSPS) is 11.0. The first-order valence-electron chi connectivity index (χ1n) is 9.01. The molecule has 160 valence electrons. The minimum atomic E-state index is -3.65. The van der Waals surface area contributed by atoms with E-state index < -0.39 is 26.7 Å². The van der Waals surface area contributed by atoms with Crippen LogP contribution in [0, 0.1) is 15.9 Å². The summed E-state index contributed by atoms with van der Waals surface area (Å²) >= 11 is 0.